The number of hydrogen-bond donors (Lipinski definition) is 1. The maximum Gasteiger partial charge on any atom is 0.309 e. The number of hydrogen-bond acceptors (Lipinski definition) is 6. The number of nitrogens with one attached hydrogen (secondary N) is 1. The summed E-state index contributed by atoms with van der Waals surface area (Å²) in [5.74, 6) is -0.971. The Hall–Kier alpha value is -1.84. The van der Waals surface area contributed by atoms with Gasteiger partial charge in [-0.15, -0.1) is 0 Å². The van der Waals surface area contributed by atoms with E-state index in [9.17, 15) is 18.0 Å². The topological polar surface area (TPSA) is 102 Å². The highest BCUT2D eigenvalue weighted by Gasteiger charge is 2.31. The summed E-state index contributed by atoms with van der Waals surface area (Å²) in [5.41, 5.74) is 1.20. The average molecular weight is 433 g/mol. The minimum atomic E-state index is -3.25. The summed E-state index contributed by atoms with van der Waals surface area (Å²) in [6.45, 7) is 3.51. The highest BCUT2D eigenvalue weighted by atomic mass is 35.5. The summed E-state index contributed by atoms with van der Waals surface area (Å²) in [4.78, 5) is 24.3. The van der Waals surface area contributed by atoms with Crippen molar-refractivity contribution in [3.63, 3.8) is 0 Å². The van der Waals surface area contributed by atoms with Crippen molar-refractivity contribution in [1.29, 1.82) is 0 Å². The Bertz CT molecular complexity index is 835. The number of piperidine rings is 1. The van der Waals surface area contributed by atoms with Gasteiger partial charge in [-0.25, -0.2) is 12.7 Å². The van der Waals surface area contributed by atoms with Crippen LogP contribution in [-0.4, -0.2) is 57.2 Å². The molecule has 1 aromatic carbocycles. The molecule has 1 N–H and O–H groups in total. The number of esters is 1. The van der Waals surface area contributed by atoms with Crippen LogP contribution in [0.3, 0.4) is 0 Å². The predicted molar refractivity (Wildman–Crippen MR) is 106 cm³/mol. The number of carbonyl (C=O) groups excluding carboxylic acids is 2. The second-order valence-electron chi connectivity index (χ2n) is 6.53. The number of nitrogens with zero attached hydrogens (tertiary/aromatic N) is 1. The van der Waals surface area contributed by atoms with Crippen LogP contribution in [0.5, 0.6) is 5.75 Å². The molecule has 2 rings (SSSR count). The van der Waals surface area contributed by atoms with E-state index in [0.29, 0.717) is 29.3 Å². The third kappa shape index (κ3) is 5.59. The van der Waals surface area contributed by atoms with Crippen LogP contribution in [0.4, 0.5) is 5.69 Å². The number of amides is 1. The molecule has 1 heterocycles. The van der Waals surface area contributed by atoms with Crippen LogP contribution in [0.25, 0.3) is 0 Å². The van der Waals surface area contributed by atoms with E-state index in [1.807, 2.05) is 0 Å². The van der Waals surface area contributed by atoms with Crippen LogP contribution in [-0.2, 0) is 24.3 Å². The molecule has 0 radical (unpaired) electrons. The van der Waals surface area contributed by atoms with Gasteiger partial charge in [-0.3, -0.25) is 9.59 Å². The number of aryl methyl sites for hydroxylation is 1. The monoisotopic (exact) mass is 432 g/mol. The van der Waals surface area contributed by atoms with Gasteiger partial charge in [0.2, 0.25) is 10.0 Å². The fourth-order valence-corrected chi connectivity index (χ4v) is 4.21. The second-order valence-corrected chi connectivity index (χ2v) is 9.20. The van der Waals surface area contributed by atoms with Crippen LogP contribution in [0.2, 0.25) is 5.02 Å². The first-order valence-electron chi connectivity index (χ1n) is 8.96. The molecule has 0 spiro atoms. The Morgan fingerprint density at radius 1 is 1.29 bits per heavy atom. The van der Waals surface area contributed by atoms with Gasteiger partial charge in [-0.05, 0) is 38.3 Å². The van der Waals surface area contributed by atoms with E-state index in [1.54, 1.807) is 26.0 Å². The molecule has 1 aliphatic rings. The predicted octanol–water partition coefficient (Wildman–Crippen LogP) is 2.20. The van der Waals surface area contributed by atoms with Crippen LogP contribution >= 0.6 is 11.6 Å². The second kappa shape index (κ2) is 9.58. The summed E-state index contributed by atoms with van der Waals surface area (Å²) < 4.78 is 35.4. The van der Waals surface area contributed by atoms with Gasteiger partial charge >= 0.3 is 5.97 Å². The molecule has 8 nitrogen and oxygen atoms in total. The van der Waals surface area contributed by atoms with Crippen LogP contribution < -0.4 is 10.1 Å². The lowest BCUT2D eigenvalue weighted by atomic mass is 9.98. The molecule has 0 atom stereocenters. The zero-order chi connectivity index (χ0) is 20.9. The van der Waals surface area contributed by atoms with Crippen molar-refractivity contribution in [3.05, 3.63) is 22.7 Å². The Balaban J connectivity index is 1.85. The van der Waals surface area contributed by atoms with E-state index >= 15 is 0 Å². The summed E-state index contributed by atoms with van der Waals surface area (Å²) in [5, 5.41) is 3.15. The number of methoxy groups -OCH3 is 1. The Morgan fingerprint density at radius 3 is 2.50 bits per heavy atom. The fourth-order valence-electron chi connectivity index (χ4n) is 2.92. The third-order valence-corrected chi connectivity index (χ3v) is 6.93. The van der Waals surface area contributed by atoms with Crippen LogP contribution in [0, 0.1) is 12.8 Å². The summed E-state index contributed by atoms with van der Waals surface area (Å²) in [7, 11) is -1.79. The van der Waals surface area contributed by atoms with Crippen molar-refractivity contribution >= 4 is 39.2 Å². The van der Waals surface area contributed by atoms with E-state index in [-0.39, 0.29) is 18.8 Å². The number of carbonyl (C=O) groups is 2. The maximum atomic E-state index is 12.2. The Labute approximate surface area is 170 Å². The number of benzene rings is 1. The van der Waals surface area contributed by atoms with Gasteiger partial charge < -0.3 is 14.8 Å². The molecule has 10 heteroatoms. The van der Waals surface area contributed by atoms with Gasteiger partial charge in [0.15, 0.2) is 6.61 Å². The lowest BCUT2D eigenvalue weighted by molar-refractivity contribution is -0.152. The molecule has 0 unspecified atom stereocenters. The van der Waals surface area contributed by atoms with Crippen LogP contribution in [0.15, 0.2) is 12.1 Å². The van der Waals surface area contributed by atoms with Gasteiger partial charge in [0.25, 0.3) is 5.91 Å². The van der Waals surface area contributed by atoms with Crippen molar-refractivity contribution in [2.75, 3.05) is 37.9 Å². The molecule has 156 valence electrons. The average Bonchev–Trinajstić information content (AvgIpc) is 2.68. The Kier molecular flexibility index (Phi) is 7.68. The zero-order valence-electron chi connectivity index (χ0n) is 16.2. The lowest BCUT2D eigenvalue weighted by Crippen LogP contribution is -2.41. The van der Waals surface area contributed by atoms with Gasteiger partial charge in [0, 0.05) is 24.2 Å². The normalized spacial score (nSPS) is 15.9. The molecule has 1 saturated heterocycles. The molecule has 1 aliphatic heterocycles. The minimum absolute atomic E-state index is 0.0376. The first-order valence-corrected chi connectivity index (χ1v) is 10.9. The Morgan fingerprint density at radius 2 is 1.93 bits per heavy atom. The summed E-state index contributed by atoms with van der Waals surface area (Å²) in [6, 6.07) is 3.27. The van der Waals surface area contributed by atoms with E-state index in [4.69, 9.17) is 21.1 Å². The smallest absolute Gasteiger partial charge is 0.309 e. The molecular formula is C18H25ClN2O6S. The minimum Gasteiger partial charge on any atom is -0.495 e. The lowest BCUT2D eigenvalue weighted by Gasteiger charge is -2.29. The van der Waals surface area contributed by atoms with E-state index in [2.05, 4.69) is 5.32 Å². The van der Waals surface area contributed by atoms with Crippen LogP contribution in [0.1, 0.15) is 25.3 Å². The first kappa shape index (κ1) is 22.4. The van der Waals surface area contributed by atoms with Gasteiger partial charge in [0.05, 0.1) is 24.5 Å². The van der Waals surface area contributed by atoms with Crippen molar-refractivity contribution < 1.29 is 27.5 Å². The maximum absolute atomic E-state index is 12.2. The van der Waals surface area contributed by atoms with E-state index < -0.39 is 34.4 Å². The quantitative estimate of drug-likeness (QED) is 0.662. The molecular weight excluding hydrogens is 408 g/mol. The van der Waals surface area contributed by atoms with E-state index in [0.717, 1.165) is 5.56 Å². The van der Waals surface area contributed by atoms with Gasteiger partial charge in [-0.1, -0.05) is 11.6 Å². The van der Waals surface area contributed by atoms with Gasteiger partial charge in [0.1, 0.15) is 5.75 Å². The third-order valence-electron chi connectivity index (χ3n) is 4.65. The summed E-state index contributed by atoms with van der Waals surface area (Å²) in [6.07, 6.45) is 0.758. The number of rotatable bonds is 7. The molecule has 1 fully saturated rings. The number of anilines is 1. The van der Waals surface area contributed by atoms with Crippen molar-refractivity contribution in [2.24, 2.45) is 5.92 Å². The highest BCUT2D eigenvalue weighted by molar-refractivity contribution is 7.89. The molecule has 0 aliphatic carbocycles. The standard InChI is InChI=1S/C18H25ClN2O6S/c1-4-28(24,25)21-7-5-13(6-8-21)18(23)27-11-17(22)20-15-9-12(2)14(19)10-16(15)26-3/h9-10,13H,4-8,11H2,1-3H3,(H,20,22). The summed E-state index contributed by atoms with van der Waals surface area (Å²) >= 11 is 6.03. The van der Waals surface area contributed by atoms with E-state index in [1.165, 1.54) is 11.4 Å². The van der Waals surface area contributed by atoms with Crippen molar-refractivity contribution in [1.82, 2.24) is 4.31 Å². The number of sulfonamides is 1. The molecule has 28 heavy (non-hydrogen) atoms. The molecule has 1 amide bonds. The van der Waals surface area contributed by atoms with Crippen molar-refractivity contribution in [2.45, 2.75) is 26.7 Å². The molecule has 0 bridgehead atoms. The van der Waals surface area contributed by atoms with Gasteiger partial charge in [-0.2, -0.15) is 0 Å². The SMILES string of the molecule is CCS(=O)(=O)N1CCC(C(=O)OCC(=O)Nc2cc(C)c(Cl)cc2OC)CC1. The molecule has 0 saturated carbocycles. The largest absolute Gasteiger partial charge is 0.495 e. The highest BCUT2D eigenvalue weighted by Crippen LogP contribution is 2.31. The number of ether oxygens (including phenoxy) is 2. The zero-order valence-corrected chi connectivity index (χ0v) is 17.7. The fraction of sp³-hybridized carbons (Fsp3) is 0.556. The molecule has 0 aromatic heterocycles. The molecule has 1 aromatic rings. The number of halogens is 1. The van der Waals surface area contributed by atoms with Crippen molar-refractivity contribution in [3.8, 4) is 5.75 Å². The first-order chi connectivity index (χ1) is 13.2.